The lowest BCUT2D eigenvalue weighted by Crippen LogP contribution is -2.47. The Morgan fingerprint density at radius 2 is 1.94 bits per heavy atom. The zero-order valence-corrected chi connectivity index (χ0v) is 11.1. The second kappa shape index (κ2) is 9.67. The summed E-state index contributed by atoms with van der Waals surface area (Å²) >= 11 is 0. The maximum atomic E-state index is 11.7. The molecule has 7 heteroatoms. The van der Waals surface area contributed by atoms with Crippen molar-refractivity contribution in [3.05, 3.63) is 0 Å². The second-order valence-electron chi connectivity index (χ2n) is 3.95. The molecular weight excluding hydrogens is 240 g/mol. The molecule has 7 nitrogen and oxygen atoms in total. The van der Waals surface area contributed by atoms with Crippen LogP contribution in [0.1, 0.15) is 13.8 Å². The summed E-state index contributed by atoms with van der Waals surface area (Å²) in [5.41, 5.74) is 0. The van der Waals surface area contributed by atoms with E-state index in [1.54, 1.807) is 21.0 Å². The second-order valence-corrected chi connectivity index (χ2v) is 3.95. The molecule has 18 heavy (non-hydrogen) atoms. The number of nitrogens with zero attached hydrogens (tertiary/aromatic N) is 1. The van der Waals surface area contributed by atoms with Gasteiger partial charge >= 0.3 is 12.0 Å². The first-order valence-corrected chi connectivity index (χ1v) is 5.82. The predicted octanol–water partition coefficient (Wildman–Crippen LogP) is 0.154. The summed E-state index contributed by atoms with van der Waals surface area (Å²) in [6.45, 7) is 4.89. The van der Waals surface area contributed by atoms with Crippen LogP contribution in [-0.2, 0) is 14.3 Å². The number of nitrogens with one attached hydrogen (secondary N) is 1. The summed E-state index contributed by atoms with van der Waals surface area (Å²) in [7, 11) is 1.58. The van der Waals surface area contributed by atoms with Crippen LogP contribution in [0.25, 0.3) is 0 Å². The fraction of sp³-hybridized carbons (Fsp3) is 0.818. The average Bonchev–Trinajstić information content (AvgIpc) is 2.29. The van der Waals surface area contributed by atoms with E-state index in [9.17, 15) is 9.59 Å². The lowest BCUT2D eigenvalue weighted by atomic mass is 10.3. The third-order valence-corrected chi connectivity index (χ3v) is 2.14. The van der Waals surface area contributed by atoms with E-state index in [0.717, 1.165) is 0 Å². The van der Waals surface area contributed by atoms with E-state index >= 15 is 0 Å². The maximum Gasteiger partial charge on any atom is 0.323 e. The quantitative estimate of drug-likeness (QED) is 0.578. The highest BCUT2D eigenvalue weighted by molar-refractivity contribution is 5.80. The SMILES string of the molecule is COCCOCCNC(=O)N(CC(=O)O)C(C)C. The largest absolute Gasteiger partial charge is 0.480 e. The van der Waals surface area contributed by atoms with Crippen molar-refractivity contribution in [1.29, 1.82) is 0 Å². The third kappa shape index (κ3) is 7.86. The molecule has 106 valence electrons. The van der Waals surface area contributed by atoms with Crippen LogP contribution in [0.5, 0.6) is 0 Å². The first-order chi connectivity index (χ1) is 8.49. The molecule has 0 rings (SSSR count). The molecule has 2 amide bonds. The number of rotatable bonds is 9. The summed E-state index contributed by atoms with van der Waals surface area (Å²) in [4.78, 5) is 23.5. The van der Waals surface area contributed by atoms with Crippen molar-refractivity contribution in [3.63, 3.8) is 0 Å². The molecule has 0 aromatic carbocycles. The number of hydrogen-bond acceptors (Lipinski definition) is 4. The van der Waals surface area contributed by atoms with E-state index in [-0.39, 0.29) is 12.6 Å². The van der Waals surface area contributed by atoms with Gasteiger partial charge in [0, 0.05) is 19.7 Å². The van der Waals surface area contributed by atoms with Crippen LogP contribution in [0.2, 0.25) is 0 Å². The number of aliphatic carboxylic acids is 1. The number of methoxy groups -OCH3 is 1. The molecule has 0 aliphatic carbocycles. The van der Waals surface area contributed by atoms with Crippen molar-refractivity contribution < 1.29 is 24.2 Å². The average molecular weight is 262 g/mol. The van der Waals surface area contributed by atoms with Gasteiger partial charge in [-0.15, -0.1) is 0 Å². The number of ether oxygens (including phenoxy) is 2. The minimum absolute atomic E-state index is 0.171. The summed E-state index contributed by atoms with van der Waals surface area (Å²) < 4.78 is 9.97. The van der Waals surface area contributed by atoms with Crippen molar-refractivity contribution in [2.75, 3.05) is 40.0 Å². The van der Waals surface area contributed by atoms with Crippen molar-refractivity contribution in [3.8, 4) is 0 Å². The highest BCUT2D eigenvalue weighted by Crippen LogP contribution is 1.98. The highest BCUT2D eigenvalue weighted by atomic mass is 16.5. The fourth-order valence-corrected chi connectivity index (χ4v) is 1.21. The molecule has 0 radical (unpaired) electrons. The van der Waals surface area contributed by atoms with Crippen LogP contribution < -0.4 is 5.32 Å². The Morgan fingerprint density at radius 3 is 2.44 bits per heavy atom. The van der Waals surface area contributed by atoms with Gasteiger partial charge in [-0.2, -0.15) is 0 Å². The van der Waals surface area contributed by atoms with Crippen molar-refractivity contribution in [2.24, 2.45) is 0 Å². The summed E-state index contributed by atoms with van der Waals surface area (Å²) in [5.74, 6) is -1.03. The molecular formula is C11H22N2O5. The number of carbonyl (C=O) groups excluding carboxylic acids is 1. The third-order valence-electron chi connectivity index (χ3n) is 2.14. The minimum atomic E-state index is -1.03. The Kier molecular flexibility index (Phi) is 8.95. The molecule has 0 aromatic heterocycles. The lowest BCUT2D eigenvalue weighted by molar-refractivity contribution is -0.138. The highest BCUT2D eigenvalue weighted by Gasteiger charge is 2.18. The van der Waals surface area contributed by atoms with Crippen LogP contribution in [0.4, 0.5) is 4.79 Å². The number of hydrogen-bond donors (Lipinski definition) is 2. The van der Waals surface area contributed by atoms with Gasteiger partial charge in [0.05, 0.1) is 19.8 Å². The van der Waals surface area contributed by atoms with E-state index in [0.29, 0.717) is 26.4 Å². The van der Waals surface area contributed by atoms with Crippen LogP contribution >= 0.6 is 0 Å². The predicted molar refractivity (Wildman–Crippen MR) is 65.6 cm³/mol. The molecule has 2 N–H and O–H groups in total. The van der Waals surface area contributed by atoms with E-state index in [2.05, 4.69) is 5.32 Å². The molecule has 0 aliphatic heterocycles. The van der Waals surface area contributed by atoms with Crippen LogP contribution in [0.15, 0.2) is 0 Å². The smallest absolute Gasteiger partial charge is 0.323 e. The number of amides is 2. The maximum absolute atomic E-state index is 11.7. The zero-order chi connectivity index (χ0) is 14.0. The minimum Gasteiger partial charge on any atom is -0.480 e. The Bertz CT molecular complexity index is 258. The number of carboxylic acids is 1. The summed E-state index contributed by atoms with van der Waals surface area (Å²) in [5, 5.41) is 11.3. The molecule has 0 atom stereocenters. The lowest BCUT2D eigenvalue weighted by Gasteiger charge is -2.25. The number of carbonyl (C=O) groups is 2. The zero-order valence-electron chi connectivity index (χ0n) is 11.1. The number of urea groups is 1. The molecule has 0 bridgehead atoms. The monoisotopic (exact) mass is 262 g/mol. The fourth-order valence-electron chi connectivity index (χ4n) is 1.21. The van der Waals surface area contributed by atoms with Crippen molar-refractivity contribution in [2.45, 2.75) is 19.9 Å². The molecule has 0 aliphatic rings. The van der Waals surface area contributed by atoms with E-state index < -0.39 is 12.0 Å². The Labute approximate surface area is 107 Å². The van der Waals surface area contributed by atoms with Crippen LogP contribution in [0.3, 0.4) is 0 Å². The Morgan fingerprint density at radius 1 is 1.28 bits per heavy atom. The van der Waals surface area contributed by atoms with Crippen LogP contribution in [0, 0.1) is 0 Å². The summed E-state index contributed by atoms with van der Waals surface area (Å²) in [6, 6.07) is -0.571. The van der Waals surface area contributed by atoms with Gasteiger partial charge in [0.2, 0.25) is 0 Å². The molecule has 0 saturated heterocycles. The standard InChI is InChI=1S/C11H22N2O5/c1-9(2)13(8-10(14)15)11(16)12-4-5-18-7-6-17-3/h9H,4-8H2,1-3H3,(H,12,16)(H,14,15). The van der Waals surface area contributed by atoms with Crippen molar-refractivity contribution in [1.82, 2.24) is 10.2 Å². The molecule has 0 aromatic rings. The van der Waals surface area contributed by atoms with E-state index in [1.165, 1.54) is 4.90 Å². The van der Waals surface area contributed by atoms with Gasteiger partial charge in [-0.3, -0.25) is 4.79 Å². The molecule has 0 heterocycles. The van der Waals surface area contributed by atoms with Gasteiger partial charge in [-0.1, -0.05) is 0 Å². The summed E-state index contributed by atoms with van der Waals surface area (Å²) in [6.07, 6.45) is 0. The van der Waals surface area contributed by atoms with E-state index in [1.807, 2.05) is 0 Å². The first kappa shape index (κ1) is 16.7. The topological polar surface area (TPSA) is 88.1 Å². The Hall–Kier alpha value is -1.34. The van der Waals surface area contributed by atoms with E-state index in [4.69, 9.17) is 14.6 Å². The molecule has 0 spiro atoms. The van der Waals surface area contributed by atoms with Gasteiger partial charge in [-0.25, -0.2) is 4.79 Å². The van der Waals surface area contributed by atoms with Gasteiger partial charge < -0.3 is 24.8 Å². The van der Waals surface area contributed by atoms with Gasteiger partial charge in [0.15, 0.2) is 0 Å². The molecule has 0 unspecified atom stereocenters. The van der Waals surface area contributed by atoms with Crippen molar-refractivity contribution >= 4 is 12.0 Å². The molecule has 0 saturated carbocycles. The van der Waals surface area contributed by atoms with Gasteiger partial charge in [0.1, 0.15) is 6.54 Å². The van der Waals surface area contributed by atoms with Crippen LogP contribution in [-0.4, -0.2) is 68.1 Å². The Balaban J connectivity index is 3.85. The number of carboxylic acid groups (broad SMARTS) is 1. The first-order valence-electron chi connectivity index (χ1n) is 5.82. The molecule has 0 fully saturated rings. The van der Waals surface area contributed by atoms with Gasteiger partial charge in [-0.05, 0) is 13.8 Å². The normalized spacial score (nSPS) is 10.4. The van der Waals surface area contributed by atoms with Gasteiger partial charge in [0.25, 0.3) is 0 Å².